The molecular weight excluding hydrogens is 479 g/mol. The van der Waals surface area contributed by atoms with Gasteiger partial charge >= 0.3 is 0 Å². The fourth-order valence-electron chi connectivity index (χ4n) is 2.81. The van der Waals surface area contributed by atoms with Gasteiger partial charge in [0.1, 0.15) is 5.75 Å². The zero-order valence-corrected chi connectivity index (χ0v) is 21.0. The number of hydrogen-bond acceptors (Lipinski definition) is 4. The zero-order chi connectivity index (χ0) is 20.5. The van der Waals surface area contributed by atoms with Gasteiger partial charge in [-0.3, -0.25) is 0 Å². The summed E-state index contributed by atoms with van der Waals surface area (Å²) >= 11 is 0. The number of halogens is 1. The minimum absolute atomic E-state index is 0. The number of methoxy groups -OCH3 is 1. The molecule has 0 fully saturated rings. The van der Waals surface area contributed by atoms with Gasteiger partial charge in [0.25, 0.3) is 0 Å². The van der Waals surface area contributed by atoms with E-state index in [0.717, 1.165) is 76.1 Å². The fourth-order valence-corrected chi connectivity index (χ4v) is 2.81. The predicted molar refractivity (Wildman–Crippen MR) is 134 cm³/mol. The summed E-state index contributed by atoms with van der Waals surface area (Å²) in [6.07, 6.45) is 3.31. The lowest BCUT2D eigenvalue weighted by atomic mass is 10.2. The van der Waals surface area contributed by atoms with Crippen LogP contribution in [0.5, 0.6) is 5.75 Å². The monoisotopic (exact) mass is 520 g/mol. The van der Waals surface area contributed by atoms with Crippen molar-refractivity contribution in [2.24, 2.45) is 4.99 Å². The largest absolute Gasteiger partial charge is 0.497 e. The lowest BCUT2D eigenvalue weighted by Crippen LogP contribution is -2.39. The van der Waals surface area contributed by atoms with Crippen LogP contribution in [0.1, 0.15) is 45.6 Å². The maximum atomic E-state index is 5.41. The van der Waals surface area contributed by atoms with Gasteiger partial charge in [-0.25, -0.2) is 4.99 Å². The molecule has 1 aromatic rings. The number of ether oxygens (including phenoxy) is 2. The van der Waals surface area contributed by atoms with Crippen molar-refractivity contribution in [1.82, 2.24) is 15.5 Å². The van der Waals surface area contributed by atoms with E-state index >= 15 is 0 Å². The minimum Gasteiger partial charge on any atom is -0.497 e. The van der Waals surface area contributed by atoms with Gasteiger partial charge < -0.3 is 25.0 Å². The molecule has 29 heavy (non-hydrogen) atoms. The highest BCUT2D eigenvalue weighted by molar-refractivity contribution is 14.0. The average molecular weight is 521 g/mol. The highest BCUT2D eigenvalue weighted by Crippen LogP contribution is 2.11. The molecule has 2 N–H and O–H groups in total. The van der Waals surface area contributed by atoms with Crippen molar-refractivity contribution < 1.29 is 9.47 Å². The Labute approximate surface area is 194 Å². The molecule has 0 aliphatic heterocycles. The van der Waals surface area contributed by atoms with E-state index in [1.807, 2.05) is 19.1 Å². The highest BCUT2D eigenvalue weighted by atomic mass is 127. The van der Waals surface area contributed by atoms with Gasteiger partial charge in [-0.2, -0.15) is 0 Å². The van der Waals surface area contributed by atoms with E-state index in [0.29, 0.717) is 6.54 Å². The van der Waals surface area contributed by atoms with E-state index in [-0.39, 0.29) is 24.0 Å². The zero-order valence-electron chi connectivity index (χ0n) is 18.7. The quantitative estimate of drug-likeness (QED) is 0.159. The third-order valence-electron chi connectivity index (χ3n) is 4.63. The van der Waals surface area contributed by atoms with Crippen molar-refractivity contribution in [3.63, 3.8) is 0 Å². The summed E-state index contributed by atoms with van der Waals surface area (Å²) in [6.45, 7) is 13.8. The first-order valence-electron chi connectivity index (χ1n) is 10.7. The van der Waals surface area contributed by atoms with Crippen molar-refractivity contribution in [1.29, 1.82) is 0 Å². The van der Waals surface area contributed by atoms with Crippen molar-refractivity contribution in [2.45, 2.75) is 46.6 Å². The minimum atomic E-state index is 0. The van der Waals surface area contributed by atoms with Crippen molar-refractivity contribution in [2.75, 3.05) is 53.0 Å². The van der Waals surface area contributed by atoms with Crippen molar-refractivity contribution in [3.05, 3.63) is 29.8 Å². The maximum absolute atomic E-state index is 5.41. The SMILES string of the molecule is CCOCCCNC(=NCc1ccc(OC)cc1)NCCCCN(CC)CC.I. The molecule has 0 spiro atoms. The molecule has 0 bridgehead atoms. The molecule has 0 saturated heterocycles. The van der Waals surface area contributed by atoms with Crippen LogP contribution in [0.25, 0.3) is 0 Å². The molecule has 7 heteroatoms. The van der Waals surface area contributed by atoms with Crippen LogP contribution in [-0.2, 0) is 11.3 Å². The fraction of sp³-hybridized carbons (Fsp3) is 0.682. The Morgan fingerprint density at radius 1 is 0.966 bits per heavy atom. The molecule has 0 aliphatic rings. The van der Waals surface area contributed by atoms with Gasteiger partial charge in [0.2, 0.25) is 0 Å². The molecular formula is C22H41IN4O2. The number of nitrogens with zero attached hydrogens (tertiary/aromatic N) is 2. The van der Waals surface area contributed by atoms with E-state index < -0.39 is 0 Å². The molecule has 0 saturated carbocycles. The molecule has 168 valence electrons. The van der Waals surface area contributed by atoms with E-state index in [1.165, 1.54) is 6.42 Å². The van der Waals surface area contributed by atoms with Gasteiger partial charge in [0.05, 0.1) is 13.7 Å². The van der Waals surface area contributed by atoms with Crippen molar-refractivity contribution in [3.8, 4) is 5.75 Å². The molecule has 1 rings (SSSR count). The standard InChI is InChI=1S/C22H40N4O2.HI/c1-5-26(6-2)17-9-8-15-23-22(24-16-10-18-28-7-3)25-19-20-11-13-21(27-4)14-12-20;/h11-14H,5-10,15-19H2,1-4H3,(H2,23,24,25);1H. The molecule has 0 amide bonds. The summed E-state index contributed by atoms with van der Waals surface area (Å²) in [5.74, 6) is 1.74. The summed E-state index contributed by atoms with van der Waals surface area (Å²) in [5.41, 5.74) is 1.16. The van der Waals surface area contributed by atoms with E-state index in [2.05, 4.69) is 41.5 Å². The Bertz CT molecular complexity index is 522. The topological polar surface area (TPSA) is 58.1 Å². The smallest absolute Gasteiger partial charge is 0.191 e. The van der Waals surface area contributed by atoms with Crippen LogP contribution < -0.4 is 15.4 Å². The summed E-state index contributed by atoms with van der Waals surface area (Å²) in [4.78, 5) is 7.20. The number of aliphatic imine (C=N–C) groups is 1. The molecule has 0 radical (unpaired) electrons. The Hall–Kier alpha value is -1.06. The van der Waals surface area contributed by atoms with Gasteiger partial charge in [0, 0.05) is 26.3 Å². The Morgan fingerprint density at radius 2 is 1.62 bits per heavy atom. The number of benzene rings is 1. The van der Waals surface area contributed by atoms with Crippen LogP contribution in [0.3, 0.4) is 0 Å². The first kappa shape index (κ1) is 27.9. The third kappa shape index (κ3) is 13.7. The normalized spacial score (nSPS) is 11.3. The second kappa shape index (κ2) is 18.9. The third-order valence-corrected chi connectivity index (χ3v) is 4.63. The van der Waals surface area contributed by atoms with E-state index in [4.69, 9.17) is 14.5 Å². The van der Waals surface area contributed by atoms with Gasteiger partial charge in [-0.15, -0.1) is 24.0 Å². The van der Waals surface area contributed by atoms with Crippen LogP contribution in [0, 0.1) is 0 Å². The summed E-state index contributed by atoms with van der Waals surface area (Å²) in [5, 5.41) is 6.89. The van der Waals surface area contributed by atoms with E-state index in [9.17, 15) is 0 Å². The van der Waals surface area contributed by atoms with Gasteiger partial charge in [0.15, 0.2) is 5.96 Å². The summed E-state index contributed by atoms with van der Waals surface area (Å²) in [6, 6.07) is 8.06. The lowest BCUT2D eigenvalue weighted by Gasteiger charge is -2.18. The molecule has 0 aliphatic carbocycles. The summed E-state index contributed by atoms with van der Waals surface area (Å²) in [7, 11) is 1.68. The van der Waals surface area contributed by atoms with Gasteiger partial charge in [-0.05, 0) is 63.5 Å². The van der Waals surface area contributed by atoms with Crippen LogP contribution in [0.4, 0.5) is 0 Å². The molecule has 0 atom stereocenters. The number of nitrogens with one attached hydrogen (secondary N) is 2. The first-order chi connectivity index (χ1) is 13.7. The second-order valence-corrected chi connectivity index (χ2v) is 6.65. The lowest BCUT2D eigenvalue weighted by molar-refractivity contribution is 0.145. The van der Waals surface area contributed by atoms with Gasteiger partial charge in [-0.1, -0.05) is 26.0 Å². The summed E-state index contributed by atoms with van der Waals surface area (Å²) < 4.78 is 10.6. The molecule has 0 heterocycles. The molecule has 0 unspecified atom stereocenters. The Morgan fingerprint density at radius 3 is 2.21 bits per heavy atom. The maximum Gasteiger partial charge on any atom is 0.191 e. The van der Waals surface area contributed by atoms with E-state index in [1.54, 1.807) is 7.11 Å². The van der Waals surface area contributed by atoms with Crippen LogP contribution in [-0.4, -0.2) is 63.9 Å². The first-order valence-corrected chi connectivity index (χ1v) is 10.7. The predicted octanol–water partition coefficient (Wildman–Crippen LogP) is 3.90. The Balaban J connectivity index is 0.00000784. The van der Waals surface area contributed by atoms with Crippen LogP contribution in [0.15, 0.2) is 29.3 Å². The van der Waals surface area contributed by atoms with Crippen molar-refractivity contribution >= 4 is 29.9 Å². The average Bonchev–Trinajstić information content (AvgIpc) is 2.74. The molecule has 6 nitrogen and oxygen atoms in total. The number of hydrogen-bond donors (Lipinski definition) is 2. The number of rotatable bonds is 15. The van der Waals surface area contributed by atoms with Crippen LogP contribution in [0.2, 0.25) is 0 Å². The number of guanidine groups is 1. The number of unbranched alkanes of at least 4 members (excludes halogenated alkanes) is 1. The highest BCUT2D eigenvalue weighted by Gasteiger charge is 2.01. The molecule has 0 aromatic heterocycles. The van der Waals surface area contributed by atoms with Crippen LogP contribution >= 0.6 is 24.0 Å². The molecule has 1 aromatic carbocycles. The second-order valence-electron chi connectivity index (χ2n) is 6.65. The Kier molecular flexibility index (Phi) is 18.2.